The van der Waals surface area contributed by atoms with Gasteiger partial charge in [0, 0.05) is 17.8 Å². The van der Waals surface area contributed by atoms with Crippen LogP contribution in [-0.2, 0) is 0 Å². The largest absolute Gasteiger partial charge is 0.310 e. The molecule has 0 aromatic heterocycles. The van der Waals surface area contributed by atoms with E-state index in [0.717, 1.165) is 23.9 Å². The Morgan fingerprint density at radius 3 is 2.53 bits per heavy atom. The van der Waals surface area contributed by atoms with Crippen LogP contribution in [0.5, 0.6) is 0 Å². The lowest BCUT2D eigenvalue weighted by Crippen LogP contribution is -2.44. The van der Waals surface area contributed by atoms with Gasteiger partial charge in [-0.05, 0) is 49.7 Å². The number of rotatable bonds is 2. The first kappa shape index (κ1) is 11.8. The topological polar surface area (TPSA) is 12.0 Å². The van der Waals surface area contributed by atoms with Crippen molar-refractivity contribution in [1.82, 2.24) is 5.32 Å². The highest BCUT2D eigenvalue weighted by atomic mass is 32.2. The summed E-state index contributed by atoms with van der Waals surface area (Å²) in [6.07, 6.45) is 7.07. The smallest absolute Gasteiger partial charge is 0.0161 e. The highest BCUT2D eigenvalue weighted by Gasteiger charge is 2.26. The maximum Gasteiger partial charge on any atom is 0.0161 e. The fraction of sp³-hybridized carbons (Fsp3) is 1.00. The lowest BCUT2D eigenvalue weighted by atomic mass is 9.79. The zero-order chi connectivity index (χ0) is 10.7. The molecule has 4 atom stereocenters. The SMILES string of the molecule is CC1CCC(NC2CCCSC2)CC1C. The van der Waals surface area contributed by atoms with Gasteiger partial charge < -0.3 is 5.32 Å². The second kappa shape index (κ2) is 5.58. The van der Waals surface area contributed by atoms with E-state index < -0.39 is 0 Å². The second-order valence-corrected chi connectivity index (χ2v) is 6.70. The Kier molecular flexibility index (Phi) is 4.39. The van der Waals surface area contributed by atoms with Gasteiger partial charge >= 0.3 is 0 Å². The van der Waals surface area contributed by atoms with Crippen LogP contribution in [0.4, 0.5) is 0 Å². The van der Waals surface area contributed by atoms with Gasteiger partial charge in [-0.25, -0.2) is 0 Å². The number of hydrogen-bond acceptors (Lipinski definition) is 2. The molecule has 1 aliphatic carbocycles. The Labute approximate surface area is 98.8 Å². The van der Waals surface area contributed by atoms with E-state index in [0.29, 0.717) is 0 Å². The Morgan fingerprint density at radius 1 is 1.00 bits per heavy atom. The van der Waals surface area contributed by atoms with Crippen LogP contribution in [0.1, 0.15) is 46.0 Å². The minimum atomic E-state index is 0.814. The summed E-state index contributed by atoms with van der Waals surface area (Å²) in [4.78, 5) is 0. The Bertz CT molecular complexity index is 189. The molecule has 88 valence electrons. The van der Waals surface area contributed by atoms with Crippen molar-refractivity contribution < 1.29 is 0 Å². The van der Waals surface area contributed by atoms with Gasteiger partial charge in [-0.15, -0.1) is 0 Å². The number of hydrogen-bond donors (Lipinski definition) is 1. The molecular formula is C13H25NS. The maximum atomic E-state index is 3.89. The molecule has 0 radical (unpaired) electrons. The highest BCUT2D eigenvalue weighted by Crippen LogP contribution is 2.30. The van der Waals surface area contributed by atoms with Crippen molar-refractivity contribution in [3.63, 3.8) is 0 Å². The van der Waals surface area contributed by atoms with Crippen molar-refractivity contribution in [2.24, 2.45) is 11.8 Å². The van der Waals surface area contributed by atoms with Crippen molar-refractivity contribution in [3.8, 4) is 0 Å². The predicted molar refractivity (Wildman–Crippen MR) is 69.4 cm³/mol. The number of thioether (sulfide) groups is 1. The van der Waals surface area contributed by atoms with Crippen molar-refractivity contribution in [2.45, 2.75) is 58.0 Å². The van der Waals surface area contributed by atoms with Crippen LogP contribution < -0.4 is 5.32 Å². The molecule has 0 spiro atoms. The third kappa shape index (κ3) is 3.39. The molecule has 15 heavy (non-hydrogen) atoms. The Balaban J connectivity index is 1.74. The zero-order valence-corrected chi connectivity index (χ0v) is 11.0. The molecule has 0 aromatic rings. The molecule has 0 aromatic carbocycles. The average Bonchev–Trinajstić information content (AvgIpc) is 2.25. The monoisotopic (exact) mass is 227 g/mol. The van der Waals surface area contributed by atoms with E-state index in [-0.39, 0.29) is 0 Å². The Hall–Kier alpha value is 0.310. The first-order valence-electron chi connectivity index (χ1n) is 6.59. The van der Waals surface area contributed by atoms with E-state index in [4.69, 9.17) is 0 Å². The summed E-state index contributed by atoms with van der Waals surface area (Å²) in [5.74, 6) is 4.60. The van der Waals surface area contributed by atoms with Crippen LogP contribution in [-0.4, -0.2) is 23.6 Å². The standard InChI is InChI=1S/C13H25NS/c1-10-5-6-12(8-11(10)2)14-13-4-3-7-15-9-13/h10-14H,3-9H2,1-2H3. The summed E-state index contributed by atoms with van der Waals surface area (Å²) in [5, 5.41) is 3.89. The zero-order valence-electron chi connectivity index (χ0n) is 10.2. The molecular weight excluding hydrogens is 202 g/mol. The molecule has 0 amide bonds. The normalized spacial score (nSPS) is 42.8. The Morgan fingerprint density at radius 2 is 1.87 bits per heavy atom. The van der Waals surface area contributed by atoms with Crippen LogP contribution in [0, 0.1) is 11.8 Å². The minimum absolute atomic E-state index is 0.814. The quantitative estimate of drug-likeness (QED) is 0.777. The second-order valence-electron chi connectivity index (χ2n) is 5.55. The summed E-state index contributed by atoms with van der Waals surface area (Å²) >= 11 is 2.13. The van der Waals surface area contributed by atoms with Gasteiger partial charge in [0.25, 0.3) is 0 Å². The lowest BCUT2D eigenvalue weighted by Gasteiger charge is -2.36. The van der Waals surface area contributed by atoms with Crippen LogP contribution in [0.2, 0.25) is 0 Å². The summed E-state index contributed by atoms with van der Waals surface area (Å²) in [6.45, 7) is 4.84. The summed E-state index contributed by atoms with van der Waals surface area (Å²) in [5.41, 5.74) is 0. The first-order valence-corrected chi connectivity index (χ1v) is 7.75. The van der Waals surface area contributed by atoms with Crippen LogP contribution in [0.3, 0.4) is 0 Å². The first-order chi connectivity index (χ1) is 7.25. The fourth-order valence-electron chi connectivity index (χ4n) is 2.90. The fourth-order valence-corrected chi connectivity index (χ4v) is 3.99. The van der Waals surface area contributed by atoms with Gasteiger partial charge in [0.1, 0.15) is 0 Å². The molecule has 1 N–H and O–H groups in total. The molecule has 2 fully saturated rings. The molecule has 2 rings (SSSR count). The summed E-state index contributed by atoms with van der Waals surface area (Å²) in [6, 6.07) is 1.63. The molecule has 1 heterocycles. The van der Waals surface area contributed by atoms with E-state index in [2.05, 4.69) is 30.9 Å². The third-order valence-corrected chi connectivity index (χ3v) is 5.45. The summed E-state index contributed by atoms with van der Waals surface area (Å²) < 4.78 is 0. The van der Waals surface area contributed by atoms with Crippen LogP contribution in [0.25, 0.3) is 0 Å². The van der Waals surface area contributed by atoms with E-state index in [1.165, 1.54) is 43.6 Å². The highest BCUT2D eigenvalue weighted by molar-refractivity contribution is 7.99. The lowest BCUT2D eigenvalue weighted by molar-refractivity contribution is 0.215. The van der Waals surface area contributed by atoms with Crippen molar-refractivity contribution in [3.05, 3.63) is 0 Å². The van der Waals surface area contributed by atoms with Gasteiger partial charge in [-0.1, -0.05) is 13.8 Å². The summed E-state index contributed by atoms with van der Waals surface area (Å²) in [7, 11) is 0. The molecule has 1 saturated carbocycles. The molecule has 2 aliphatic rings. The van der Waals surface area contributed by atoms with Crippen molar-refractivity contribution >= 4 is 11.8 Å². The predicted octanol–water partition coefficient (Wildman–Crippen LogP) is 3.30. The van der Waals surface area contributed by atoms with Gasteiger partial charge in [0.05, 0.1) is 0 Å². The minimum Gasteiger partial charge on any atom is -0.310 e. The molecule has 4 unspecified atom stereocenters. The van der Waals surface area contributed by atoms with Gasteiger partial charge in [0.2, 0.25) is 0 Å². The average molecular weight is 227 g/mol. The van der Waals surface area contributed by atoms with Crippen molar-refractivity contribution in [1.29, 1.82) is 0 Å². The van der Waals surface area contributed by atoms with Gasteiger partial charge in [-0.2, -0.15) is 11.8 Å². The van der Waals surface area contributed by atoms with Crippen molar-refractivity contribution in [2.75, 3.05) is 11.5 Å². The molecule has 1 aliphatic heterocycles. The van der Waals surface area contributed by atoms with Gasteiger partial charge in [-0.3, -0.25) is 0 Å². The molecule has 2 heteroatoms. The van der Waals surface area contributed by atoms with E-state index >= 15 is 0 Å². The van der Waals surface area contributed by atoms with Crippen LogP contribution in [0.15, 0.2) is 0 Å². The molecule has 1 saturated heterocycles. The number of nitrogens with one attached hydrogen (secondary N) is 1. The van der Waals surface area contributed by atoms with Crippen LogP contribution >= 0.6 is 11.8 Å². The van der Waals surface area contributed by atoms with E-state index in [1.54, 1.807) is 0 Å². The molecule has 1 nitrogen and oxygen atoms in total. The van der Waals surface area contributed by atoms with E-state index in [1.807, 2.05) is 0 Å². The third-order valence-electron chi connectivity index (χ3n) is 4.23. The molecule has 0 bridgehead atoms. The van der Waals surface area contributed by atoms with Gasteiger partial charge in [0.15, 0.2) is 0 Å². The van der Waals surface area contributed by atoms with E-state index in [9.17, 15) is 0 Å². The maximum absolute atomic E-state index is 3.89.